The molecule has 0 aliphatic carbocycles. The van der Waals surface area contributed by atoms with Crippen molar-refractivity contribution >= 4 is 38.9 Å². The maximum absolute atomic E-state index is 12.2. The van der Waals surface area contributed by atoms with E-state index in [2.05, 4.69) is 9.71 Å². The van der Waals surface area contributed by atoms with Gasteiger partial charge in [0.15, 0.2) is 0 Å². The zero-order valence-corrected chi connectivity index (χ0v) is 13.2. The van der Waals surface area contributed by atoms with Crippen LogP contribution in [0.15, 0.2) is 28.5 Å². The van der Waals surface area contributed by atoms with Crippen molar-refractivity contribution in [3.05, 3.63) is 44.9 Å². The Morgan fingerprint density at radius 1 is 1.48 bits per heavy atom. The second-order valence-electron chi connectivity index (χ2n) is 4.13. The molecule has 21 heavy (non-hydrogen) atoms. The highest BCUT2D eigenvalue weighted by Crippen LogP contribution is 2.23. The van der Waals surface area contributed by atoms with Crippen LogP contribution in [0.5, 0.6) is 0 Å². The van der Waals surface area contributed by atoms with E-state index in [1.165, 1.54) is 23.5 Å². The fourth-order valence-electron chi connectivity index (χ4n) is 1.58. The highest BCUT2D eigenvalue weighted by molar-refractivity contribution is 7.89. The quantitative estimate of drug-likeness (QED) is 0.865. The summed E-state index contributed by atoms with van der Waals surface area (Å²) in [6, 6.07) is 3.51. The molecular weight excluding hydrogens is 336 g/mol. The minimum atomic E-state index is -3.92. The number of hydrogen-bond donors (Lipinski definition) is 2. The highest BCUT2D eigenvalue weighted by Gasteiger charge is 2.20. The fraction of sp³-hybridized carbons (Fsp3) is 0.167. The summed E-state index contributed by atoms with van der Waals surface area (Å²) in [6.45, 7) is 1.83. The summed E-state index contributed by atoms with van der Waals surface area (Å²) in [6.07, 6.45) is 0. The van der Waals surface area contributed by atoms with Gasteiger partial charge < -0.3 is 5.11 Å². The molecule has 0 bridgehead atoms. The Morgan fingerprint density at radius 3 is 2.76 bits per heavy atom. The zero-order valence-electron chi connectivity index (χ0n) is 10.8. The number of aryl methyl sites for hydroxylation is 1. The lowest BCUT2D eigenvalue weighted by Gasteiger charge is -2.08. The maximum Gasteiger partial charge on any atom is 0.335 e. The molecule has 0 aliphatic rings. The third kappa shape index (κ3) is 3.79. The summed E-state index contributed by atoms with van der Waals surface area (Å²) in [5.41, 5.74) is 0.441. The molecule has 2 aromatic rings. The van der Waals surface area contributed by atoms with Crippen LogP contribution >= 0.6 is 22.9 Å². The first-order chi connectivity index (χ1) is 9.79. The van der Waals surface area contributed by atoms with Crippen LogP contribution in [0.2, 0.25) is 5.02 Å². The van der Waals surface area contributed by atoms with Crippen molar-refractivity contribution in [2.75, 3.05) is 0 Å². The van der Waals surface area contributed by atoms with Gasteiger partial charge in [-0.05, 0) is 25.1 Å². The van der Waals surface area contributed by atoms with Gasteiger partial charge in [0.1, 0.15) is 4.90 Å². The molecule has 0 unspecified atom stereocenters. The van der Waals surface area contributed by atoms with E-state index in [0.717, 1.165) is 11.1 Å². The molecule has 0 fully saturated rings. The Bertz CT molecular complexity index is 786. The molecule has 1 heterocycles. The summed E-state index contributed by atoms with van der Waals surface area (Å²) in [5.74, 6) is -1.22. The number of carboxylic acids is 1. The molecule has 1 aromatic heterocycles. The Labute approximate surface area is 130 Å². The maximum atomic E-state index is 12.2. The van der Waals surface area contributed by atoms with Crippen LogP contribution in [0.4, 0.5) is 0 Å². The molecule has 0 radical (unpaired) electrons. The van der Waals surface area contributed by atoms with E-state index >= 15 is 0 Å². The van der Waals surface area contributed by atoms with Crippen LogP contribution in [0.3, 0.4) is 0 Å². The molecule has 2 N–H and O–H groups in total. The van der Waals surface area contributed by atoms with Crippen LogP contribution in [0.1, 0.15) is 21.1 Å². The lowest BCUT2D eigenvalue weighted by molar-refractivity contribution is 0.0696. The monoisotopic (exact) mass is 346 g/mol. The van der Waals surface area contributed by atoms with Crippen LogP contribution in [0.25, 0.3) is 0 Å². The van der Waals surface area contributed by atoms with Crippen LogP contribution in [-0.4, -0.2) is 24.5 Å². The van der Waals surface area contributed by atoms with E-state index in [9.17, 15) is 13.2 Å². The van der Waals surface area contributed by atoms with E-state index in [0.29, 0.717) is 5.69 Å². The second kappa shape index (κ2) is 6.10. The number of sulfonamides is 1. The van der Waals surface area contributed by atoms with E-state index < -0.39 is 16.0 Å². The van der Waals surface area contributed by atoms with Gasteiger partial charge in [0, 0.05) is 5.38 Å². The summed E-state index contributed by atoms with van der Waals surface area (Å²) in [5, 5.41) is 11.4. The predicted molar refractivity (Wildman–Crippen MR) is 79.3 cm³/mol. The standard InChI is InChI=1S/C12H11ClN2O4S2/c1-7-15-9(6-20-7)5-14-21(18,19)11-4-8(12(16)17)2-3-10(11)13/h2-4,6,14H,5H2,1H3,(H,16,17). The first kappa shape index (κ1) is 15.9. The fourth-order valence-corrected chi connectivity index (χ4v) is 3.71. The van der Waals surface area contributed by atoms with Crippen molar-refractivity contribution < 1.29 is 18.3 Å². The van der Waals surface area contributed by atoms with Gasteiger partial charge in [0.2, 0.25) is 10.0 Å². The number of rotatable bonds is 5. The third-order valence-electron chi connectivity index (χ3n) is 2.58. The van der Waals surface area contributed by atoms with Crippen molar-refractivity contribution in [3.63, 3.8) is 0 Å². The van der Waals surface area contributed by atoms with Gasteiger partial charge >= 0.3 is 5.97 Å². The van der Waals surface area contributed by atoms with Gasteiger partial charge in [-0.25, -0.2) is 22.9 Å². The number of halogens is 1. The summed E-state index contributed by atoms with van der Waals surface area (Å²) >= 11 is 7.26. The Balaban J connectivity index is 2.26. The predicted octanol–water partition coefficient (Wildman–Crippen LogP) is 2.28. The molecule has 0 saturated heterocycles. The number of nitrogens with zero attached hydrogens (tertiary/aromatic N) is 1. The van der Waals surface area contributed by atoms with Gasteiger partial charge in [-0.2, -0.15) is 0 Å². The summed E-state index contributed by atoms with van der Waals surface area (Å²) in [7, 11) is -3.92. The average molecular weight is 347 g/mol. The van der Waals surface area contributed by atoms with Crippen molar-refractivity contribution in [2.45, 2.75) is 18.4 Å². The topological polar surface area (TPSA) is 96.4 Å². The molecule has 0 amide bonds. The smallest absolute Gasteiger partial charge is 0.335 e. The van der Waals surface area contributed by atoms with Crippen molar-refractivity contribution in [2.24, 2.45) is 0 Å². The minimum absolute atomic E-state index is 0.0142. The van der Waals surface area contributed by atoms with E-state index in [-0.39, 0.29) is 22.0 Å². The Kier molecular flexibility index (Phi) is 4.62. The van der Waals surface area contributed by atoms with Crippen LogP contribution in [-0.2, 0) is 16.6 Å². The van der Waals surface area contributed by atoms with E-state index in [4.69, 9.17) is 16.7 Å². The van der Waals surface area contributed by atoms with Crippen molar-refractivity contribution in [1.29, 1.82) is 0 Å². The molecule has 0 saturated carbocycles. The van der Waals surface area contributed by atoms with Crippen LogP contribution < -0.4 is 4.72 Å². The van der Waals surface area contributed by atoms with Gasteiger partial charge in [0.05, 0.1) is 27.8 Å². The number of carbonyl (C=O) groups is 1. The van der Waals surface area contributed by atoms with Crippen molar-refractivity contribution in [1.82, 2.24) is 9.71 Å². The number of thiazole rings is 1. The number of aromatic nitrogens is 1. The molecule has 1 aromatic carbocycles. The number of benzene rings is 1. The zero-order chi connectivity index (χ0) is 15.6. The number of carboxylic acid groups (broad SMARTS) is 1. The number of aromatic carboxylic acids is 1. The minimum Gasteiger partial charge on any atom is -0.478 e. The van der Waals surface area contributed by atoms with Gasteiger partial charge in [-0.3, -0.25) is 0 Å². The van der Waals surface area contributed by atoms with E-state index in [1.54, 1.807) is 5.38 Å². The van der Waals surface area contributed by atoms with E-state index in [1.807, 2.05) is 6.92 Å². The largest absolute Gasteiger partial charge is 0.478 e. The van der Waals surface area contributed by atoms with Crippen molar-refractivity contribution in [3.8, 4) is 0 Å². The van der Waals surface area contributed by atoms with Gasteiger partial charge in [-0.1, -0.05) is 11.6 Å². The first-order valence-corrected chi connectivity index (χ1v) is 8.47. The Hall–Kier alpha value is -1.48. The SMILES string of the molecule is Cc1nc(CNS(=O)(=O)c2cc(C(=O)O)ccc2Cl)cs1. The molecule has 0 atom stereocenters. The molecule has 2 rings (SSSR count). The highest BCUT2D eigenvalue weighted by atomic mass is 35.5. The normalized spacial score (nSPS) is 11.5. The Morgan fingerprint density at radius 2 is 2.19 bits per heavy atom. The molecular formula is C12H11ClN2O4S2. The molecule has 9 heteroatoms. The van der Waals surface area contributed by atoms with Gasteiger partial charge in [-0.15, -0.1) is 11.3 Å². The lowest BCUT2D eigenvalue weighted by atomic mass is 10.2. The lowest BCUT2D eigenvalue weighted by Crippen LogP contribution is -2.24. The van der Waals surface area contributed by atoms with Gasteiger partial charge in [0.25, 0.3) is 0 Å². The number of hydrogen-bond acceptors (Lipinski definition) is 5. The molecule has 6 nitrogen and oxygen atoms in total. The summed E-state index contributed by atoms with van der Waals surface area (Å²) < 4.78 is 26.7. The molecule has 112 valence electrons. The molecule has 0 aliphatic heterocycles. The molecule has 0 spiro atoms. The van der Waals surface area contributed by atoms with Crippen LogP contribution in [0, 0.1) is 6.92 Å². The first-order valence-electron chi connectivity index (χ1n) is 5.73. The second-order valence-corrected chi connectivity index (χ2v) is 7.34. The summed E-state index contributed by atoms with van der Waals surface area (Å²) in [4.78, 5) is 14.8. The average Bonchev–Trinajstić information content (AvgIpc) is 2.82. The third-order valence-corrected chi connectivity index (χ3v) is 5.28. The number of nitrogens with one attached hydrogen (secondary N) is 1.